The minimum Gasteiger partial charge on any atom is -0.350 e. The highest BCUT2D eigenvalue weighted by atomic mass is 16.1. The topological polar surface area (TPSA) is 29.1 Å². The van der Waals surface area contributed by atoms with Crippen molar-refractivity contribution in [2.75, 3.05) is 0 Å². The van der Waals surface area contributed by atoms with Crippen molar-refractivity contribution in [2.45, 2.75) is 19.9 Å². The SMILES string of the molecule is CC(C)NC(=O)c1cccc2cc3ccccc3cc12. The van der Waals surface area contributed by atoms with Crippen LogP contribution in [0.25, 0.3) is 21.5 Å². The predicted octanol–water partition coefficient (Wildman–Crippen LogP) is 4.13. The molecule has 0 aliphatic carbocycles. The van der Waals surface area contributed by atoms with Crippen molar-refractivity contribution in [1.82, 2.24) is 5.32 Å². The highest BCUT2D eigenvalue weighted by molar-refractivity contribution is 6.10. The molecule has 0 fully saturated rings. The lowest BCUT2D eigenvalue weighted by molar-refractivity contribution is 0.0945. The molecule has 1 N–H and O–H groups in total. The van der Waals surface area contributed by atoms with Crippen LogP contribution in [0.4, 0.5) is 0 Å². The van der Waals surface area contributed by atoms with Crippen LogP contribution in [0.5, 0.6) is 0 Å². The number of fused-ring (bicyclic) bond motifs is 2. The molecule has 3 aromatic carbocycles. The van der Waals surface area contributed by atoms with Gasteiger partial charge in [-0.25, -0.2) is 0 Å². The number of hydrogen-bond donors (Lipinski definition) is 1. The van der Waals surface area contributed by atoms with Gasteiger partial charge in [0, 0.05) is 11.6 Å². The molecule has 3 rings (SSSR count). The van der Waals surface area contributed by atoms with Crippen molar-refractivity contribution in [2.24, 2.45) is 0 Å². The zero-order chi connectivity index (χ0) is 14.1. The zero-order valence-corrected chi connectivity index (χ0v) is 11.7. The highest BCUT2D eigenvalue weighted by Crippen LogP contribution is 2.25. The molecule has 0 saturated carbocycles. The molecule has 0 spiro atoms. The molecule has 0 saturated heterocycles. The van der Waals surface area contributed by atoms with Crippen molar-refractivity contribution < 1.29 is 4.79 Å². The first-order valence-corrected chi connectivity index (χ1v) is 6.87. The quantitative estimate of drug-likeness (QED) is 0.692. The zero-order valence-electron chi connectivity index (χ0n) is 11.7. The van der Waals surface area contributed by atoms with Gasteiger partial charge in [-0.2, -0.15) is 0 Å². The molecule has 2 nitrogen and oxygen atoms in total. The van der Waals surface area contributed by atoms with Gasteiger partial charge in [0.2, 0.25) is 0 Å². The predicted molar refractivity (Wildman–Crippen MR) is 84.1 cm³/mol. The fourth-order valence-corrected chi connectivity index (χ4v) is 2.50. The van der Waals surface area contributed by atoms with Crippen LogP contribution in [0.15, 0.2) is 54.6 Å². The number of nitrogens with one attached hydrogen (secondary N) is 1. The van der Waals surface area contributed by atoms with Crippen molar-refractivity contribution in [3.8, 4) is 0 Å². The Balaban J connectivity index is 2.22. The van der Waals surface area contributed by atoms with E-state index in [0.717, 1.165) is 21.7 Å². The number of carbonyl (C=O) groups excluding carboxylic acids is 1. The molecule has 0 unspecified atom stereocenters. The molecule has 1 amide bonds. The van der Waals surface area contributed by atoms with Crippen LogP contribution in [0.1, 0.15) is 24.2 Å². The van der Waals surface area contributed by atoms with E-state index in [9.17, 15) is 4.79 Å². The third-order valence-electron chi connectivity index (χ3n) is 3.41. The van der Waals surface area contributed by atoms with Crippen LogP contribution in [-0.2, 0) is 0 Å². The monoisotopic (exact) mass is 263 g/mol. The summed E-state index contributed by atoms with van der Waals surface area (Å²) in [5.41, 5.74) is 0.738. The molecule has 0 aromatic heterocycles. The molecule has 20 heavy (non-hydrogen) atoms. The second-order valence-corrected chi connectivity index (χ2v) is 5.35. The van der Waals surface area contributed by atoms with Crippen LogP contribution >= 0.6 is 0 Å². The van der Waals surface area contributed by atoms with Gasteiger partial charge in [0.05, 0.1) is 0 Å². The van der Waals surface area contributed by atoms with Gasteiger partial charge >= 0.3 is 0 Å². The van der Waals surface area contributed by atoms with Crippen molar-refractivity contribution in [3.63, 3.8) is 0 Å². The summed E-state index contributed by atoms with van der Waals surface area (Å²) in [6, 6.07) is 18.5. The number of amides is 1. The van der Waals surface area contributed by atoms with Gasteiger partial charge in [-0.15, -0.1) is 0 Å². The van der Waals surface area contributed by atoms with Gasteiger partial charge in [-0.1, -0.05) is 36.4 Å². The van der Waals surface area contributed by atoms with Crippen LogP contribution in [0, 0.1) is 0 Å². The smallest absolute Gasteiger partial charge is 0.252 e. The molecule has 0 heterocycles. The second kappa shape index (κ2) is 4.97. The maximum atomic E-state index is 12.3. The van der Waals surface area contributed by atoms with Gasteiger partial charge < -0.3 is 5.32 Å². The summed E-state index contributed by atoms with van der Waals surface area (Å²) in [6.07, 6.45) is 0. The molecule has 0 atom stereocenters. The Labute approximate surface area is 118 Å². The first-order valence-electron chi connectivity index (χ1n) is 6.87. The minimum atomic E-state index is -0.0131. The highest BCUT2D eigenvalue weighted by Gasteiger charge is 2.11. The molecule has 0 aliphatic rings. The first-order chi connectivity index (χ1) is 9.65. The largest absolute Gasteiger partial charge is 0.350 e. The van der Waals surface area contributed by atoms with Gasteiger partial charge in [-0.3, -0.25) is 4.79 Å². The van der Waals surface area contributed by atoms with E-state index in [1.807, 2.05) is 44.2 Å². The van der Waals surface area contributed by atoms with Gasteiger partial charge in [0.15, 0.2) is 0 Å². The lowest BCUT2D eigenvalue weighted by Crippen LogP contribution is -2.30. The number of hydrogen-bond acceptors (Lipinski definition) is 1. The van der Waals surface area contributed by atoms with Crippen LogP contribution < -0.4 is 5.32 Å². The van der Waals surface area contributed by atoms with E-state index in [1.54, 1.807) is 0 Å². The standard InChI is InChI=1S/C18H17NO/c1-12(2)19-18(20)16-9-5-8-15-10-13-6-3-4-7-14(13)11-17(15)16/h3-12H,1-2H3,(H,19,20). The van der Waals surface area contributed by atoms with E-state index in [4.69, 9.17) is 0 Å². The Morgan fingerprint density at radius 3 is 2.25 bits per heavy atom. The molecule has 0 radical (unpaired) electrons. The van der Waals surface area contributed by atoms with E-state index in [2.05, 4.69) is 29.6 Å². The average Bonchev–Trinajstić information content (AvgIpc) is 2.43. The number of benzene rings is 3. The van der Waals surface area contributed by atoms with Gasteiger partial charge in [-0.05, 0) is 53.6 Å². The third kappa shape index (κ3) is 2.25. The fourth-order valence-electron chi connectivity index (χ4n) is 2.50. The van der Waals surface area contributed by atoms with Crippen LogP contribution in [0.2, 0.25) is 0 Å². The molecule has 0 bridgehead atoms. The maximum absolute atomic E-state index is 12.3. The minimum absolute atomic E-state index is 0.0131. The summed E-state index contributed by atoms with van der Waals surface area (Å²) in [7, 11) is 0. The van der Waals surface area contributed by atoms with Crippen LogP contribution in [-0.4, -0.2) is 11.9 Å². The molecular formula is C18H17NO. The third-order valence-corrected chi connectivity index (χ3v) is 3.41. The van der Waals surface area contributed by atoms with E-state index in [0.29, 0.717) is 0 Å². The molecule has 2 heteroatoms. The molecule has 100 valence electrons. The average molecular weight is 263 g/mol. The van der Waals surface area contributed by atoms with E-state index < -0.39 is 0 Å². The number of rotatable bonds is 2. The summed E-state index contributed by atoms with van der Waals surface area (Å²) in [4.78, 5) is 12.3. The normalized spacial score (nSPS) is 11.2. The Morgan fingerprint density at radius 2 is 1.55 bits per heavy atom. The van der Waals surface area contributed by atoms with Crippen molar-refractivity contribution in [1.29, 1.82) is 0 Å². The second-order valence-electron chi connectivity index (χ2n) is 5.35. The van der Waals surface area contributed by atoms with Crippen molar-refractivity contribution >= 4 is 27.5 Å². The summed E-state index contributed by atoms with van der Waals surface area (Å²) in [6.45, 7) is 3.94. The van der Waals surface area contributed by atoms with Gasteiger partial charge in [0.25, 0.3) is 5.91 Å². The van der Waals surface area contributed by atoms with E-state index in [1.165, 1.54) is 5.39 Å². The van der Waals surface area contributed by atoms with Gasteiger partial charge in [0.1, 0.15) is 0 Å². The first kappa shape index (κ1) is 12.7. The maximum Gasteiger partial charge on any atom is 0.252 e. The Hall–Kier alpha value is -2.35. The Kier molecular flexibility index (Phi) is 3.15. The fraction of sp³-hybridized carbons (Fsp3) is 0.167. The van der Waals surface area contributed by atoms with Crippen LogP contribution in [0.3, 0.4) is 0 Å². The lowest BCUT2D eigenvalue weighted by Gasteiger charge is -2.11. The molecule has 3 aromatic rings. The molecule has 0 aliphatic heterocycles. The summed E-state index contributed by atoms with van der Waals surface area (Å²) < 4.78 is 0. The Bertz CT molecular complexity index is 790. The van der Waals surface area contributed by atoms with E-state index >= 15 is 0 Å². The summed E-state index contributed by atoms with van der Waals surface area (Å²) in [5, 5.41) is 7.41. The number of carbonyl (C=O) groups is 1. The van der Waals surface area contributed by atoms with Crippen molar-refractivity contribution in [3.05, 3.63) is 60.2 Å². The Morgan fingerprint density at radius 1 is 0.900 bits per heavy atom. The summed E-state index contributed by atoms with van der Waals surface area (Å²) in [5.74, 6) is -0.0131. The summed E-state index contributed by atoms with van der Waals surface area (Å²) >= 11 is 0. The molecular weight excluding hydrogens is 246 g/mol. The van der Waals surface area contributed by atoms with E-state index in [-0.39, 0.29) is 11.9 Å². The lowest BCUT2D eigenvalue weighted by atomic mass is 9.99.